The van der Waals surface area contributed by atoms with E-state index in [0.717, 1.165) is 12.0 Å². The number of amides is 1. The topological polar surface area (TPSA) is 78.2 Å². The molecule has 0 radical (unpaired) electrons. The van der Waals surface area contributed by atoms with E-state index in [0.29, 0.717) is 56.1 Å². The lowest BCUT2D eigenvalue weighted by Crippen LogP contribution is -2.36. The summed E-state index contributed by atoms with van der Waals surface area (Å²) in [7, 11) is 0. The summed E-state index contributed by atoms with van der Waals surface area (Å²) in [5.74, 6) is 0.807. The van der Waals surface area contributed by atoms with Crippen LogP contribution in [0.15, 0.2) is 53.3 Å². The molecule has 7 nitrogen and oxygen atoms in total. The summed E-state index contributed by atoms with van der Waals surface area (Å²) < 4.78 is 21.9. The molecular weight excluding hydrogens is 411 g/mol. The Labute approximate surface area is 185 Å². The quantitative estimate of drug-likeness (QED) is 0.615. The number of ether oxygens (including phenoxy) is 1. The first-order valence-electron chi connectivity index (χ1n) is 11.0. The summed E-state index contributed by atoms with van der Waals surface area (Å²) in [6.07, 6.45) is 2.78. The number of aromatic nitrogens is 3. The monoisotopic (exact) mass is 438 g/mol. The van der Waals surface area contributed by atoms with Crippen molar-refractivity contribution < 1.29 is 13.9 Å². The van der Waals surface area contributed by atoms with Gasteiger partial charge in [-0.15, -0.1) is 0 Å². The molecular formula is C24H27FN4O3. The van der Waals surface area contributed by atoms with Crippen LogP contribution < -0.4 is 15.7 Å². The molecule has 0 fully saturated rings. The number of carbonyl (C=O) groups excluding carboxylic acids is 1. The lowest BCUT2D eigenvalue weighted by molar-refractivity contribution is 0.0928. The number of carbonyl (C=O) groups is 1. The fourth-order valence-corrected chi connectivity index (χ4v) is 3.89. The van der Waals surface area contributed by atoms with Gasteiger partial charge in [0.25, 0.3) is 5.91 Å². The first-order valence-corrected chi connectivity index (χ1v) is 11.0. The van der Waals surface area contributed by atoms with Crippen molar-refractivity contribution in [2.24, 2.45) is 0 Å². The molecule has 1 amide bonds. The van der Waals surface area contributed by atoms with Gasteiger partial charge in [0.05, 0.1) is 18.7 Å². The van der Waals surface area contributed by atoms with E-state index in [2.05, 4.69) is 10.4 Å². The van der Waals surface area contributed by atoms with Gasteiger partial charge in [-0.05, 0) is 49.1 Å². The Morgan fingerprint density at radius 2 is 1.97 bits per heavy atom. The maximum absolute atomic E-state index is 13.1. The molecule has 0 aliphatic carbocycles. The lowest BCUT2D eigenvalue weighted by Gasteiger charge is -2.17. The molecule has 1 atom stereocenters. The Balaban J connectivity index is 1.41. The Morgan fingerprint density at radius 3 is 2.75 bits per heavy atom. The van der Waals surface area contributed by atoms with Crippen LogP contribution in [-0.4, -0.2) is 32.9 Å². The molecule has 1 aliphatic rings. The number of para-hydroxylation sites is 1. The molecule has 1 aliphatic heterocycles. The predicted molar refractivity (Wildman–Crippen MR) is 118 cm³/mol. The molecule has 168 valence electrons. The van der Waals surface area contributed by atoms with Crippen molar-refractivity contribution in [1.82, 2.24) is 19.7 Å². The van der Waals surface area contributed by atoms with Gasteiger partial charge >= 0.3 is 5.69 Å². The molecule has 0 saturated heterocycles. The van der Waals surface area contributed by atoms with Crippen molar-refractivity contribution in [2.45, 2.75) is 51.7 Å². The number of hydrogen-bond donors (Lipinski definition) is 1. The third-order valence-corrected chi connectivity index (χ3v) is 5.59. The first kappa shape index (κ1) is 21.8. The minimum atomic E-state index is -0.311. The van der Waals surface area contributed by atoms with Crippen LogP contribution in [0.2, 0.25) is 0 Å². The number of fused-ring (bicyclic) bond motifs is 1. The minimum Gasteiger partial charge on any atom is -0.493 e. The minimum absolute atomic E-state index is 0.0617. The average molecular weight is 439 g/mol. The van der Waals surface area contributed by atoms with Crippen LogP contribution in [0.3, 0.4) is 0 Å². The highest BCUT2D eigenvalue weighted by molar-refractivity contribution is 5.97. The van der Waals surface area contributed by atoms with Crippen molar-refractivity contribution >= 4 is 5.91 Å². The summed E-state index contributed by atoms with van der Waals surface area (Å²) in [5, 5.41) is 7.58. The van der Waals surface area contributed by atoms with E-state index in [9.17, 15) is 14.0 Å². The smallest absolute Gasteiger partial charge is 0.346 e. The Bertz CT molecular complexity index is 1140. The second kappa shape index (κ2) is 9.80. The molecule has 3 aromatic rings. The van der Waals surface area contributed by atoms with Crippen LogP contribution in [-0.2, 0) is 19.5 Å². The van der Waals surface area contributed by atoms with Crippen LogP contribution in [0, 0.1) is 5.82 Å². The number of benzene rings is 2. The number of nitrogens with one attached hydrogen (secondary N) is 1. The molecule has 0 saturated carbocycles. The van der Waals surface area contributed by atoms with Gasteiger partial charge < -0.3 is 10.1 Å². The zero-order valence-electron chi connectivity index (χ0n) is 18.1. The Hall–Kier alpha value is -3.42. The fourth-order valence-electron chi connectivity index (χ4n) is 3.89. The third-order valence-electron chi connectivity index (χ3n) is 5.59. The summed E-state index contributed by atoms with van der Waals surface area (Å²) in [5.41, 5.74) is 1.15. The van der Waals surface area contributed by atoms with E-state index in [1.165, 1.54) is 16.8 Å². The standard InChI is InChI=1S/C24H27FN4O3/c1-2-15-32-21-6-4-3-5-20(21)23(30)26-19-11-12-22-27-29(24(31)28(22)14-13-19)16-17-7-9-18(25)10-8-17/h3-10,19H,2,11-16H2,1H3,(H,26,30). The fraction of sp³-hybridized carbons (Fsp3) is 0.375. The average Bonchev–Trinajstić information content (AvgIpc) is 2.96. The van der Waals surface area contributed by atoms with E-state index in [4.69, 9.17) is 4.74 Å². The maximum Gasteiger partial charge on any atom is 0.346 e. The van der Waals surface area contributed by atoms with Crippen molar-refractivity contribution in [2.75, 3.05) is 6.61 Å². The zero-order chi connectivity index (χ0) is 22.5. The molecule has 1 aromatic heterocycles. The Kier molecular flexibility index (Phi) is 6.68. The maximum atomic E-state index is 13.1. The highest BCUT2D eigenvalue weighted by Gasteiger charge is 2.23. The van der Waals surface area contributed by atoms with Gasteiger partial charge in [0, 0.05) is 19.0 Å². The van der Waals surface area contributed by atoms with Crippen LogP contribution in [0.25, 0.3) is 0 Å². The van der Waals surface area contributed by atoms with Crippen molar-refractivity contribution in [3.63, 3.8) is 0 Å². The molecule has 0 bridgehead atoms. The van der Waals surface area contributed by atoms with Crippen LogP contribution in [0.5, 0.6) is 5.75 Å². The largest absolute Gasteiger partial charge is 0.493 e. The molecule has 2 aromatic carbocycles. The molecule has 1 N–H and O–H groups in total. The lowest BCUT2D eigenvalue weighted by atomic mass is 10.1. The number of halogens is 1. The van der Waals surface area contributed by atoms with Gasteiger partial charge in [0.1, 0.15) is 17.4 Å². The molecule has 8 heteroatoms. The predicted octanol–water partition coefficient (Wildman–Crippen LogP) is 3.16. The number of aryl methyl sites for hydroxylation is 1. The van der Waals surface area contributed by atoms with E-state index < -0.39 is 0 Å². The highest BCUT2D eigenvalue weighted by atomic mass is 19.1. The van der Waals surface area contributed by atoms with Gasteiger partial charge in [-0.1, -0.05) is 31.2 Å². The van der Waals surface area contributed by atoms with E-state index in [-0.39, 0.29) is 23.5 Å². The zero-order valence-corrected chi connectivity index (χ0v) is 18.1. The van der Waals surface area contributed by atoms with Gasteiger partial charge in [0.15, 0.2) is 0 Å². The summed E-state index contributed by atoms with van der Waals surface area (Å²) in [6, 6.07) is 13.2. The van der Waals surface area contributed by atoms with E-state index >= 15 is 0 Å². The Morgan fingerprint density at radius 1 is 1.19 bits per heavy atom. The molecule has 1 unspecified atom stereocenters. The second-order valence-corrected chi connectivity index (χ2v) is 7.98. The van der Waals surface area contributed by atoms with Crippen molar-refractivity contribution in [3.05, 3.63) is 81.8 Å². The summed E-state index contributed by atoms with van der Waals surface area (Å²) >= 11 is 0. The van der Waals surface area contributed by atoms with Crippen LogP contribution in [0.1, 0.15) is 47.9 Å². The van der Waals surface area contributed by atoms with E-state index in [1.807, 2.05) is 19.1 Å². The summed E-state index contributed by atoms with van der Waals surface area (Å²) in [6.45, 7) is 3.36. The summed E-state index contributed by atoms with van der Waals surface area (Å²) in [4.78, 5) is 25.7. The molecule has 32 heavy (non-hydrogen) atoms. The van der Waals surface area contributed by atoms with Crippen LogP contribution >= 0.6 is 0 Å². The number of hydrogen-bond acceptors (Lipinski definition) is 4. The van der Waals surface area contributed by atoms with Crippen molar-refractivity contribution in [3.8, 4) is 5.75 Å². The highest BCUT2D eigenvalue weighted by Crippen LogP contribution is 2.20. The van der Waals surface area contributed by atoms with Crippen LogP contribution in [0.4, 0.5) is 4.39 Å². The van der Waals surface area contributed by atoms with Gasteiger partial charge in [0.2, 0.25) is 0 Å². The molecule has 2 heterocycles. The SMILES string of the molecule is CCCOc1ccccc1C(=O)NC1CCc2nn(Cc3ccc(F)cc3)c(=O)n2CC1. The number of rotatable bonds is 7. The molecule has 4 rings (SSSR count). The first-order chi connectivity index (χ1) is 15.5. The molecule has 0 spiro atoms. The third kappa shape index (κ3) is 4.90. The second-order valence-electron chi connectivity index (χ2n) is 7.98. The van der Waals surface area contributed by atoms with Crippen molar-refractivity contribution in [1.29, 1.82) is 0 Å². The van der Waals surface area contributed by atoms with Gasteiger partial charge in [-0.2, -0.15) is 5.10 Å². The van der Waals surface area contributed by atoms with Gasteiger partial charge in [-0.25, -0.2) is 13.9 Å². The number of nitrogens with zero attached hydrogens (tertiary/aromatic N) is 3. The van der Waals surface area contributed by atoms with E-state index in [1.54, 1.807) is 28.8 Å². The normalized spacial score (nSPS) is 15.6. The van der Waals surface area contributed by atoms with Gasteiger partial charge in [-0.3, -0.25) is 9.36 Å².